The fraction of sp³-hybridized carbons (Fsp3) is 0.562. The van der Waals surface area contributed by atoms with Crippen LogP contribution in [-0.2, 0) is 11.4 Å². The van der Waals surface area contributed by atoms with Gasteiger partial charge in [-0.3, -0.25) is 9.48 Å². The monoisotopic (exact) mass is 349 g/mol. The summed E-state index contributed by atoms with van der Waals surface area (Å²) in [6, 6.07) is 1.62. The summed E-state index contributed by atoms with van der Waals surface area (Å²) in [4.78, 5) is 21.4. The summed E-state index contributed by atoms with van der Waals surface area (Å²) in [5.74, 6) is 0.137. The third kappa shape index (κ3) is 3.59. The predicted molar refractivity (Wildman–Crippen MR) is 93.0 cm³/mol. The second-order valence-corrected chi connectivity index (χ2v) is 6.69. The molecule has 0 radical (unpaired) electrons. The Morgan fingerprint density at radius 2 is 2.25 bits per heavy atom. The molecule has 7 nitrogen and oxygen atoms in total. The van der Waals surface area contributed by atoms with Crippen LogP contribution in [0.2, 0.25) is 0 Å². The van der Waals surface area contributed by atoms with E-state index in [1.165, 1.54) is 0 Å². The van der Waals surface area contributed by atoms with Crippen LogP contribution in [-0.4, -0.2) is 56.9 Å². The lowest BCUT2D eigenvalue weighted by molar-refractivity contribution is -0.135. The largest absolute Gasteiger partial charge is 0.390 e. The first kappa shape index (κ1) is 16.9. The zero-order chi connectivity index (χ0) is 16.9. The third-order valence-electron chi connectivity index (χ3n) is 4.30. The molecular formula is C16H23N5O2S. The van der Waals surface area contributed by atoms with Crippen molar-refractivity contribution < 1.29 is 9.90 Å². The molecule has 0 aliphatic carbocycles. The quantitative estimate of drug-likeness (QED) is 0.886. The lowest BCUT2D eigenvalue weighted by Gasteiger charge is -2.26. The summed E-state index contributed by atoms with van der Waals surface area (Å²) in [5.41, 5.74) is 0.705. The van der Waals surface area contributed by atoms with Gasteiger partial charge in [0.2, 0.25) is 5.91 Å². The number of anilines is 1. The molecule has 1 amide bonds. The smallest absolute Gasteiger partial charge is 0.247 e. The van der Waals surface area contributed by atoms with Gasteiger partial charge < -0.3 is 14.9 Å². The fourth-order valence-corrected chi connectivity index (χ4v) is 3.86. The second-order valence-electron chi connectivity index (χ2n) is 5.86. The highest BCUT2D eigenvalue weighted by atomic mass is 32.1. The highest BCUT2D eigenvalue weighted by molar-refractivity contribution is 7.13. The number of hydrogen-bond donors (Lipinski definition) is 1. The van der Waals surface area contributed by atoms with Gasteiger partial charge >= 0.3 is 0 Å². The number of aromatic nitrogens is 3. The van der Waals surface area contributed by atoms with Crippen molar-refractivity contribution in [2.45, 2.75) is 32.4 Å². The first-order valence-corrected chi connectivity index (χ1v) is 9.19. The molecule has 0 bridgehead atoms. The number of hydrogen-bond acceptors (Lipinski definition) is 6. The number of carbonyl (C=O) groups excluding carboxylic acids is 1. The van der Waals surface area contributed by atoms with Gasteiger partial charge in [-0.05, 0) is 18.9 Å². The van der Waals surface area contributed by atoms with Crippen LogP contribution >= 0.6 is 11.3 Å². The molecule has 1 saturated heterocycles. The average molecular weight is 349 g/mol. The Morgan fingerprint density at radius 3 is 2.92 bits per heavy atom. The maximum atomic E-state index is 12.9. The molecule has 1 N–H and O–H groups in total. The molecule has 3 heterocycles. The van der Waals surface area contributed by atoms with E-state index in [0.717, 1.165) is 37.6 Å². The molecule has 24 heavy (non-hydrogen) atoms. The highest BCUT2D eigenvalue weighted by Gasteiger charge is 2.27. The minimum atomic E-state index is -0.229. The Balaban J connectivity index is 1.65. The number of aliphatic hydroxyl groups is 1. The summed E-state index contributed by atoms with van der Waals surface area (Å²) < 4.78 is 1.75. The first-order valence-electron chi connectivity index (χ1n) is 8.31. The Bertz CT molecular complexity index is 657. The molecule has 8 heteroatoms. The third-order valence-corrected chi connectivity index (χ3v) is 5.25. The van der Waals surface area contributed by atoms with Crippen LogP contribution in [0, 0.1) is 0 Å². The van der Waals surface area contributed by atoms with E-state index in [1.807, 2.05) is 29.5 Å². The topological polar surface area (TPSA) is 74.5 Å². The Kier molecular flexibility index (Phi) is 5.47. The van der Waals surface area contributed by atoms with E-state index in [-0.39, 0.29) is 18.6 Å². The van der Waals surface area contributed by atoms with Crippen LogP contribution < -0.4 is 4.90 Å². The number of aliphatic hydroxyl groups excluding tert-OH is 1. The molecule has 0 spiro atoms. The van der Waals surface area contributed by atoms with Crippen LogP contribution in [0.25, 0.3) is 0 Å². The fourth-order valence-electron chi connectivity index (χ4n) is 2.99. The normalized spacial score (nSPS) is 16.9. The van der Waals surface area contributed by atoms with E-state index in [2.05, 4.69) is 15.0 Å². The highest BCUT2D eigenvalue weighted by Crippen LogP contribution is 2.23. The molecule has 2 aromatic rings. The Hall–Kier alpha value is -1.93. The number of carbonyl (C=O) groups is 1. The summed E-state index contributed by atoms with van der Waals surface area (Å²) in [7, 11) is 0. The zero-order valence-electron chi connectivity index (χ0n) is 13.8. The van der Waals surface area contributed by atoms with Crippen LogP contribution in [0.15, 0.2) is 23.8 Å². The molecule has 3 rings (SSSR count). The SMILES string of the molecule is CCC(C(=O)N1CCCN(c2nc(CO)cs2)CC1)n1cccn1. The molecule has 2 aromatic heterocycles. The van der Waals surface area contributed by atoms with E-state index in [9.17, 15) is 4.79 Å². The molecule has 130 valence electrons. The average Bonchev–Trinajstić information content (AvgIpc) is 3.23. The molecule has 1 aliphatic rings. The van der Waals surface area contributed by atoms with Gasteiger partial charge in [0.15, 0.2) is 5.13 Å². The molecule has 1 fully saturated rings. The summed E-state index contributed by atoms with van der Waals surface area (Å²) in [6.07, 6.45) is 5.20. The van der Waals surface area contributed by atoms with Crippen molar-refractivity contribution in [2.24, 2.45) is 0 Å². The Morgan fingerprint density at radius 1 is 1.38 bits per heavy atom. The second kappa shape index (κ2) is 7.76. The molecule has 1 aliphatic heterocycles. The lowest BCUT2D eigenvalue weighted by Crippen LogP contribution is -2.40. The van der Waals surface area contributed by atoms with Crippen molar-refractivity contribution in [3.05, 3.63) is 29.5 Å². The van der Waals surface area contributed by atoms with Crippen LogP contribution in [0.5, 0.6) is 0 Å². The van der Waals surface area contributed by atoms with E-state index in [1.54, 1.807) is 22.2 Å². The van der Waals surface area contributed by atoms with Gasteiger partial charge in [0.1, 0.15) is 6.04 Å². The first-order chi connectivity index (χ1) is 11.7. The van der Waals surface area contributed by atoms with Crippen molar-refractivity contribution in [3.8, 4) is 0 Å². The number of amides is 1. The minimum absolute atomic E-state index is 0.0308. The van der Waals surface area contributed by atoms with Gasteiger partial charge in [0, 0.05) is 44.0 Å². The van der Waals surface area contributed by atoms with Crippen LogP contribution in [0.3, 0.4) is 0 Å². The Labute approximate surface area is 145 Å². The standard InChI is InChI=1S/C16H23N5O2S/c1-2-14(21-8-3-5-17-21)15(23)19-6-4-7-20(10-9-19)16-18-13(11-22)12-24-16/h3,5,8,12,14,22H,2,4,6-7,9-11H2,1H3. The van der Waals surface area contributed by atoms with Crippen LogP contribution in [0.4, 0.5) is 5.13 Å². The zero-order valence-corrected chi connectivity index (χ0v) is 14.7. The molecule has 1 unspecified atom stereocenters. The predicted octanol–water partition coefficient (Wildman–Crippen LogP) is 1.52. The van der Waals surface area contributed by atoms with Gasteiger partial charge in [-0.2, -0.15) is 5.10 Å². The van der Waals surface area contributed by atoms with Gasteiger partial charge in [-0.1, -0.05) is 6.92 Å². The van der Waals surface area contributed by atoms with Gasteiger partial charge in [0.05, 0.1) is 12.3 Å². The van der Waals surface area contributed by atoms with Crippen LogP contribution in [0.1, 0.15) is 31.5 Å². The summed E-state index contributed by atoms with van der Waals surface area (Å²) >= 11 is 1.55. The van der Waals surface area contributed by atoms with Gasteiger partial charge in [-0.25, -0.2) is 4.98 Å². The van der Waals surface area contributed by atoms with Crippen molar-refractivity contribution in [1.29, 1.82) is 0 Å². The molecular weight excluding hydrogens is 326 g/mol. The van der Waals surface area contributed by atoms with E-state index < -0.39 is 0 Å². The minimum Gasteiger partial charge on any atom is -0.390 e. The van der Waals surface area contributed by atoms with Crippen molar-refractivity contribution >= 4 is 22.4 Å². The summed E-state index contributed by atoms with van der Waals surface area (Å²) in [5, 5.41) is 16.2. The molecule has 0 aromatic carbocycles. The maximum Gasteiger partial charge on any atom is 0.247 e. The number of nitrogens with zero attached hydrogens (tertiary/aromatic N) is 5. The number of thiazole rings is 1. The van der Waals surface area contributed by atoms with E-state index >= 15 is 0 Å². The van der Waals surface area contributed by atoms with Gasteiger partial charge in [-0.15, -0.1) is 11.3 Å². The van der Waals surface area contributed by atoms with Crippen molar-refractivity contribution in [3.63, 3.8) is 0 Å². The lowest BCUT2D eigenvalue weighted by atomic mass is 10.2. The van der Waals surface area contributed by atoms with E-state index in [4.69, 9.17) is 5.11 Å². The number of rotatable bonds is 5. The van der Waals surface area contributed by atoms with E-state index in [0.29, 0.717) is 12.2 Å². The summed E-state index contributed by atoms with van der Waals surface area (Å²) in [6.45, 7) is 5.06. The maximum absolute atomic E-state index is 12.9. The molecule has 1 atom stereocenters. The van der Waals surface area contributed by atoms with Crippen molar-refractivity contribution in [1.82, 2.24) is 19.7 Å². The molecule has 0 saturated carbocycles. The van der Waals surface area contributed by atoms with Gasteiger partial charge in [0.25, 0.3) is 0 Å². The van der Waals surface area contributed by atoms with Crippen molar-refractivity contribution in [2.75, 3.05) is 31.1 Å².